The minimum Gasteiger partial charge on any atom is -0.356 e. The van der Waals surface area contributed by atoms with Gasteiger partial charge in [-0.05, 0) is 183 Å². The molecule has 26 nitrogen and oxygen atoms in total. The van der Waals surface area contributed by atoms with Crippen molar-refractivity contribution in [3.05, 3.63) is 0 Å². The first kappa shape index (κ1) is 76.4. The van der Waals surface area contributed by atoms with Crippen LogP contribution in [0.15, 0.2) is 0 Å². The van der Waals surface area contributed by atoms with Crippen LogP contribution in [0.4, 0.5) is 4.79 Å². The number of rotatable bonds is 43. The molecule has 3 heterocycles. The standard InChI is InChI=1S/C61H111N15O11S/c1-42-55(81)71-44(25-14-21-37-65-50(77)30-9-6-18-34-62-3)57(83)69-43(2)56(82)72-46(27-16-23-39-67-52(79)32-11-8-20-36-64-5)59(85)74-47(28-17-24-40-68-53(80)33-13-12-29-49-54-48(41-88-49)75-61(87)76-54)60(86)73-45(58(84)70-42)26-15-22-38-66-51(78)31-10-7-19-35-63-4/h42-49,54,62-64H,6-41H2,1-5H3,(H,65,77)(H,66,78)(H,67,79)(H,68,80)(H,69,83)(H,70,84)(H,71,81)(H,72,82)(H,73,86)(H,74,85)(H2,75,76,87)/t42-,43-,44+,45+,46+,47-,48?,49+,54?/m1/s1. The molecule has 88 heavy (non-hydrogen) atoms. The lowest BCUT2D eigenvalue weighted by atomic mass is 10.0. The molecule has 3 rings (SSSR count). The van der Waals surface area contributed by atoms with Crippen LogP contribution in [0.25, 0.3) is 0 Å². The van der Waals surface area contributed by atoms with Gasteiger partial charge in [-0.3, -0.25) is 47.9 Å². The smallest absolute Gasteiger partial charge is 0.315 e. The fourth-order valence-corrected chi connectivity index (χ4v) is 12.2. The van der Waals surface area contributed by atoms with Gasteiger partial charge in [0.05, 0.1) is 12.1 Å². The van der Waals surface area contributed by atoms with E-state index in [1.165, 1.54) is 13.8 Å². The minimum absolute atomic E-state index is 0.0767. The average Bonchev–Trinajstić information content (AvgIpc) is 2.03. The number of nitrogens with one attached hydrogen (secondary N) is 15. The van der Waals surface area contributed by atoms with Gasteiger partial charge in [-0.15, -0.1) is 0 Å². The molecule has 3 saturated heterocycles. The molecule has 15 N–H and O–H groups in total. The zero-order valence-electron chi connectivity index (χ0n) is 53.6. The number of carbonyl (C=O) groups excluding carboxylic acids is 11. The molecule has 0 spiro atoms. The van der Waals surface area contributed by atoms with Crippen molar-refractivity contribution in [3.63, 3.8) is 0 Å². The summed E-state index contributed by atoms with van der Waals surface area (Å²) in [6.45, 7) is 6.80. The lowest BCUT2D eigenvalue weighted by Gasteiger charge is -2.28. The molecule has 3 aliphatic heterocycles. The first-order valence-electron chi connectivity index (χ1n) is 33.0. The molecular formula is C61H111N15O11S. The quantitative estimate of drug-likeness (QED) is 0.0301. The molecule has 2 unspecified atom stereocenters. The van der Waals surface area contributed by atoms with Gasteiger partial charge in [-0.2, -0.15) is 11.8 Å². The Morgan fingerprint density at radius 3 is 0.989 bits per heavy atom. The van der Waals surface area contributed by atoms with Gasteiger partial charge in [-0.25, -0.2) is 4.79 Å². The van der Waals surface area contributed by atoms with E-state index in [1.807, 2.05) is 32.9 Å². The molecule has 0 aromatic heterocycles. The summed E-state index contributed by atoms with van der Waals surface area (Å²) in [5.41, 5.74) is 0. The largest absolute Gasteiger partial charge is 0.356 e. The van der Waals surface area contributed by atoms with E-state index in [1.54, 1.807) is 0 Å². The third-order valence-corrected chi connectivity index (χ3v) is 17.6. The van der Waals surface area contributed by atoms with E-state index in [-0.39, 0.29) is 67.4 Å². The molecule has 0 aromatic rings. The summed E-state index contributed by atoms with van der Waals surface area (Å²) in [6, 6.07) is -7.15. The SMILES string of the molecule is CNCCCCCC(=O)NCCCC[C@@H]1NC(=O)[C@@H](C)NC(=O)[C@H](CCCCNC(=O)CCCCCNC)NC(=O)[C@@H](CCCCNC(=O)CCCC[C@@H]2SCC3NC(=O)NC32)NC(=O)[C@H](CCCCNC(=O)CCCCCNC)NC(=O)[C@@H](C)NC1=O. The lowest BCUT2D eigenvalue weighted by Crippen LogP contribution is -2.60. The zero-order valence-corrected chi connectivity index (χ0v) is 54.4. The Balaban J connectivity index is 1.81. The molecule has 0 saturated carbocycles. The topological polar surface area (TPSA) is 368 Å². The number of fused-ring (bicyclic) bond motifs is 1. The molecular weight excluding hydrogens is 1150 g/mol. The Hall–Kier alpha value is -5.80. The van der Waals surface area contributed by atoms with Crippen LogP contribution in [0.5, 0.6) is 0 Å². The van der Waals surface area contributed by atoms with E-state index in [9.17, 15) is 52.7 Å². The van der Waals surface area contributed by atoms with Gasteiger partial charge in [-0.1, -0.05) is 25.7 Å². The van der Waals surface area contributed by atoms with Crippen LogP contribution in [0.2, 0.25) is 0 Å². The summed E-state index contributed by atoms with van der Waals surface area (Å²) < 4.78 is 0. The van der Waals surface area contributed by atoms with Crippen molar-refractivity contribution in [2.24, 2.45) is 0 Å². The second-order valence-corrected chi connectivity index (χ2v) is 25.0. The maximum Gasteiger partial charge on any atom is 0.315 e. The van der Waals surface area contributed by atoms with Gasteiger partial charge in [0.15, 0.2) is 0 Å². The molecule has 3 fully saturated rings. The molecule has 0 bridgehead atoms. The predicted molar refractivity (Wildman–Crippen MR) is 342 cm³/mol. The maximum absolute atomic E-state index is 14.6. The number of amides is 12. The second kappa shape index (κ2) is 46.3. The molecule has 12 amide bonds. The zero-order chi connectivity index (χ0) is 64.3. The first-order chi connectivity index (χ1) is 42.4. The number of thioether (sulfide) groups is 1. The van der Waals surface area contributed by atoms with Gasteiger partial charge in [0.25, 0.3) is 0 Å². The highest BCUT2D eigenvalue weighted by Crippen LogP contribution is 2.33. The maximum atomic E-state index is 14.6. The molecule has 9 atom stereocenters. The molecule has 0 radical (unpaired) electrons. The van der Waals surface area contributed by atoms with E-state index in [4.69, 9.17) is 0 Å². The minimum atomic E-state index is -1.23. The van der Waals surface area contributed by atoms with Crippen LogP contribution in [-0.4, -0.2) is 191 Å². The Morgan fingerprint density at radius 2 is 0.648 bits per heavy atom. The van der Waals surface area contributed by atoms with Gasteiger partial charge >= 0.3 is 6.03 Å². The highest BCUT2D eigenvalue weighted by molar-refractivity contribution is 8.00. The predicted octanol–water partition coefficient (Wildman–Crippen LogP) is 1.16. The van der Waals surface area contributed by atoms with Crippen molar-refractivity contribution in [1.29, 1.82) is 0 Å². The number of unbranched alkanes of at least 4 members (excludes halogenated alkanes) is 11. The number of hydrogen-bond donors (Lipinski definition) is 15. The van der Waals surface area contributed by atoms with Gasteiger partial charge in [0, 0.05) is 62.9 Å². The normalized spacial score (nSPS) is 22.7. The van der Waals surface area contributed by atoms with Gasteiger partial charge < -0.3 is 79.8 Å². The average molecular weight is 1260 g/mol. The van der Waals surface area contributed by atoms with Crippen LogP contribution in [0.1, 0.15) is 194 Å². The van der Waals surface area contributed by atoms with E-state index in [2.05, 4.69) is 79.8 Å². The number of urea groups is 1. The number of hydrogen-bond acceptors (Lipinski definition) is 15. The van der Waals surface area contributed by atoms with Gasteiger partial charge in [0.1, 0.15) is 36.3 Å². The Kier molecular flexibility index (Phi) is 40.2. The highest BCUT2D eigenvalue weighted by Gasteiger charge is 2.42. The van der Waals surface area contributed by atoms with Crippen molar-refractivity contribution in [1.82, 2.24) is 79.8 Å². The van der Waals surface area contributed by atoms with Crippen molar-refractivity contribution >= 4 is 76.9 Å². The molecule has 3 aliphatic rings. The molecule has 0 aliphatic carbocycles. The second-order valence-electron chi connectivity index (χ2n) is 23.7. The molecule has 0 aromatic carbocycles. The van der Waals surface area contributed by atoms with Crippen LogP contribution in [-0.2, 0) is 47.9 Å². The summed E-state index contributed by atoms with van der Waals surface area (Å²) >= 11 is 1.83. The van der Waals surface area contributed by atoms with E-state index >= 15 is 0 Å². The van der Waals surface area contributed by atoms with Gasteiger partial charge in [0.2, 0.25) is 59.1 Å². The summed E-state index contributed by atoms with van der Waals surface area (Å²) in [6.07, 6.45) is 15.4. The summed E-state index contributed by atoms with van der Waals surface area (Å²) in [5, 5.41) is 43.9. The Bertz CT molecular complexity index is 2110. The Labute approximate surface area is 527 Å². The van der Waals surface area contributed by atoms with Crippen molar-refractivity contribution < 1.29 is 52.7 Å². The third kappa shape index (κ3) is 33.1. The first-order valence-corrected chi connectivity index (χ1v) is 34.0. The Morgan fingerprint density at radius 1 is 0.352 bits per heavy atom. The summed E-state index contributed by atoms with van der Waals surface area (Å²) in [5.74, 6) is -3.68. The van der Waals surface area contributed by atoms with Crippen molar-refractivity contribution in [2.45, 2.75) is 247 Å². The van der Waals surface area contributed by atoms with E-state index < -0.39 is 71.7 Å². The van der Waals surface area contributed by atoms with Crippen LogP contribution in [0.3, 0.4) is 0 Å². The van der Waals surface area contributed by atoms with Crippen LogP contribution < -0.4 is 79.8 Å². The lowest BCUT2D eigenvalue weighted by molar-refractivity contribution is -0.136. The summed E-state index contributed by atoms with van der Waals surface area (Å²) in [4.78, 5) is 148. The third-order valence-electron chi connectivity index (χ3n) is 16.1. The fraction of sp³-hybridized carbons (Fsp3) is 0.820. The monoisotopic (exact) mass is 1260 g/mol. The van der Waals surface area contributed by atoms with Crippen LogP contribution in [0, 0.1) is 0 Å². The van der Waals surface area contributed by atoms with Crippen molar-refractivity contribution in [3.8, 4) is 0 Å². The van der Waals surface area contributed by atoms with Crippen LogP contribution >= 0.6 is 11.8 Å². The molecule has 502 valence electrons. The van der Waals surface area contributed by atoms with E-state index in [0.29, 0.717) is 115 Å². The number of carbonyl (C=O) groups is 11. The fourth-order valence-electron chi connectivity index (χ4n) is 10.7. The highest BCUT2D eigenvalue weighted by atomic mass is 32.2. The molecule has 27 heteroatoms. The van der Waals surface area contributed by atoms with E-state index in [0.717, 1.165) is 96.0 Å². The summed E-state index contributed by atoms with van der Waals surface area (Å²) in [7, 11) is 5.64. The van der Waals surface area contributed by atoms with Crippen molar-refractivity contribution in [2.75, 3.05) is 72.7 Å².